The van der Waals surface area contributed by atoms with E-state index in [2.05, 4.69) is 0 Å². The Hall–Kier alpha value is -1.10. The lowest BCUT2D eigenvalue weighted by molar-refractivity contribution is -0.152. The number of piperidine rings is 1. The van der Waals surface area contributed by atoms with Gasteiger partial charge in [-0.1, -0.05) is 6.92 Å². The minimum atomic E-state index is -0.925. The van der Waals surface area contributed by atoms with Crippen molar-refractivity contribution in [3.8, 4) is 0 Å². The first-order chi connectivity index (χ1) is 7.07. The molecule has 1 amide bonds. The Morgan fingerprint density at radius 1 is 1.53 bits per heavy atom. The average molecular weight is 214 g/mol. The molecule has 0 aromatic rings. The number of carbonyl (C=O) groups excluding carboxylic acids is 1. The molecule has 1 aliphatic heterocycles. The highest BCUT2D eigenvalue weighted by molar-refractivity contribution is 5.87. The van der Waals surface area contributed by atoms with Crippen LogP contribution in [0.4, 0.5) is 0 Å². The van der Waals surface area contributed by atoms with Crippen LogP contribution in [0, 0.1) is 0 Å². The predicted octanol–water partition coefficient (Wildman–Crippen LogP) is 0.189. The van der Waals surface area contributed by atoms with Gasteiger partial charge in [0.05, 0.1) is 6.04 Å². The van der Waals surface area contributed by atoms with Crippen LogP contribution in [0.5, 0.6) is 0 Å². The predicted molar refractivity (Wildman–Crippen MR) is 55.3 cm³/mol. The molecular weight excluding hydrogens is 196 g/mol. The van der Waals surface area contributed by atoms with Crippen LogP contribution < -0.4 is 5.73 Å². The largest absolute Gasteiger partial charge is 0.480 e. The quantitative estimate of drug-likeness (QED) is 0.702. The topological polar surface area (TPSA) is 83.6 Å². The molecule has 86 valence electrons. The second-order valence-corrected chi connectivity index (χ2v) is 3.90. The number of nitrogens with two attached hydrogens (primary N) is 1. The standard InChI is InChI=1S/C10H18N2O3/c1-2-7(11)9(13)12-6-4-3-5-8(12)10(14)15/h7-8H,2-6,11H2,1H3,(H,14,15)/t7-,8+/m0/s1. The van der Waals surface area contributed by atoms with Gasteiger partial charge in [-0.15, -0.1) is 0 Å². The Balaban J connectivity index is 2.71. The van der Waals surface area contributed by atoms with Gasteiger partial charge in [0, 0.05) is 6.54 Å². The molecule has 1 rings (SSSR count). The van der Waals surface area contributed by atoms with Crippen molar-refractivity contribution in [1.82, 2.24) is 4.90 Å². The Morgan fingerprint density at radius 2 is 2.20 bits per heavy atom. The molecule has 0 bridgehead atoms. The van der Waals surface area contributed by atoms with Crippen molar-refractivity contribution >= 4 is 11.9 Å². The van der Waals surface area contributed by atoms with Gasteiger partial charge in [-0.3, -0.25) is 4.79 Å². The number of carbonyl (C=O) groups is 2. The van der Waals surface area contributed by atoms with E-state index in [4.69, 9.17) is 10.8 Å². The molecule has 2 atom stereocenters. The molecule has 5 heteroatoms. The van der Waals surface area contributed by atoms with Gasteiger partial charge in [0.15, 0.2) is 0 Å². The van der Waals surface area contributed by atoms with E-state index in [1.54, 1.807) is 0 Å². The first-order valence-electron chi connectivity index (χ1n) is 5.36. The maximum absolute atomic E-state index is 11.8. The molecule has 5 nitrogen and oxygen atoms in total. The van der Waals surface area contributed by atoms with E-state index in [1.165, 1.54) is 4.90 Å². The van der Waals surface area contributed by atoms with Gasteiger partial charge in [-0.05, 0) is 25.7 Å². The second-order valence-electron chi connectivity index (χ2n) is 3.90. The third-order valence-electron chi connectivity index (χ3n) is 2.83. The molecule has 1 fully saturated rings. The third kappa shape index (κ3) is 2.68. The molecule has 1 heterocycles. The fourth-order valence-corrected chi connectivity index (χ4v) is 1.84. The summed E-state index contributed by atoms with van der Waals surface area (Å²) >= 11 is 0. The summed E-state index contributed by atoms with van der Waals surface area (Å²) in [4.78, 5) is 24.1. The lowest BCUT2D eigenvalue weighted by Crippen LogP contribution is -2.53. The molecule has 0 radical (unpaired) electrons. The number of carboxylic acids is 1. The molecule has 3 N–H and O–H groups in total. The Morgan fingerprint density at radius 3 is 2.73 bits per heavy atom. The monoisotopic (exact) mass is 214 g/mol. The van der Waals surface area contributed by atoms with Crippen LogP contribution in [-0.4, -0.2) is 40.5 Å². The van der Waals surface area contributed by atoms with E-state index in [9.17, 15) is 9.59 Å². The van der Waals surface area contributed by atoms with Crippen molar-refractivity contribution in [2.24, 2.45) is 5.73 Å². The molecule has 0 aromatic carbocycles. The lowest BCUT2D eigenvalue weighted by atomic mass is 10.0. The van der Waals surface area contributed by atoms with Gasteiger partial charge >= 0.3 is 5.97 Å². The van der Waals surface area contributed by atoms with E-state index >= 15 is 0 Å². The van der Waals surface area contributed by atoms with E-state index < -0.39 is 18.1 Å². The summed E-state index contributed by atoms with van der Waals surface area (Å²) in [5.74, 6) is -1.16. The highest BCUT2D eigenvalue weighted by atomic mass is 16.4. The van der Waals surface area contributed by atoms with Crippen molar-refractivity contribution in [2.75, 3.05) is 6.54 Å². The molecule has 15 heavy (non-hydrogen) atoms. The van der Waals surface area contributed by atoms with Crippen LogP contribution in [0.2, 0.25) is 0 Å². The highest BCUT2D eigenvalue weighted by Crippen LogP contribution is 2.18. The molecule has 0 aliphatic carbocycles. The fourth-order valence-electron chi connectivity index (χ4n) is 1.84. The molecule has 0 saturated carbocycles. The lowest BCUT2D eigenvalue weighted by Gasteiger charge is -2.34. The van der Waals surface area contributed by atoms with Gasteiger partial charge in [0.1, 0.15) is 6.04 Å². The number of likely N-dealkylation sites (tertiary alicyclic amines) is 1. The van der Waals surface area contributed by atoms with Gasteiger partial charge in [-0.2, -0.15) is 0 Å². The van der Waals surface area contributed by atoms with Crippen molar-refractivity contribution in [3.63, 3.8) is 0 Å². The van der Waals surface area contributed by atoms with Crippen molar-refractivity contribution in [3.05, 3.63) is 0 Å². The van der Waals surface area contributed by atoms with E-state index in [0.29, 0.717) is 19.4 Å². The van der Waals surface area contributed by atoms with Crippen molar-refractivity contribution in [2.45, 2.75) is 44.7 Å². The molecule has 0 unspecified atom stereocenters. The Bertz CT molecular complexity index is 255. The normalized spacial score (nSPS) is 23.6. The minimum absolute atomic E-state index is 0.232. The number of hydrogen-bond donors (Lipinski definition) is 2. The average Bonchev–Trinajstić information content (AvgIpc) is 2.27. The Kier molecular flexibility index (Phi) is 4.08. The zero-order valence-corrected chi connectivity index (χ0v) is 8.98. The first-order valence-corrected chi connectivity index (χ1v) is 5.36. The number of aliphatic carboxylic acids is 1. The SMILES string of the molecule is CC[C@H](N)C(=O)N1CCCC[C@@H]1C(=O)O. The maximum atomic E-state index is 11.8. The summed E-state index contributed by atoms with van der Waals surface area (Å²) in [6.45, 7) is 2.34. The van der Waals surface area contributed by atoms with E-state index in [0.717, 1.165) is 12.8 Å². The van der Waals surface area contributed by atoms with Crippen LogP contribution >= 0.6 is 0 Å². The number of nitrogens with zero attached hydrogens (tertiary/aromatic N) is 1. The maximum Gasteiger partial charge on any atom is 0.326 e. The Labute approximate surface area is 89.2 Å². The molecule has 0 aromatic heterocycles. The number of rotatable bonds is 3. The zero-order valence-electron chi connectivity index (χ0n) is 8.98. The van der Waals surface area contributed by atoms with E-state index in [1.807, 2.05) is 6.92 Å². The number of hydrogen-bond acceptors (Lipinski definition) is 3. The van der Waals surface area contributed by atoms with Crippen LogP contribution in [0.1, 0.15) is 32.6 Å². The summed E-state index contributed by atoms with van der Waals surface area (Å²) in [5.41, 5.74) is 5.63. The first kappa shape index (κ1) is 12.0. The van der Waals surface area contributed by atoms with Gasteiger partial charge in [0.25, 0.3) is 0 Å². The van der Waals surface area contributed by atoms with Crippen molar-refractivity contribution in [1.29, 1.82) is 0 Å². The van der Waals surface area contributed by atoms with Crippen LogP contribution in [-0.2, 0) is 9.59 Å². The summed E-state index contributed by atoms with van der Waals surface area (Å²) in [5, 5.41) is 8.98. The molecule has 1 saturated heterocycles. The summed E-state index contributed by atoms with van der Waals surface area (Å²) in [7, 11) is 0. The van der Waals surface area contributed by atoms with Crippen LogP contribution in [0.15, 0.2) is 0 Å². The minimum Gasteiger partial charge on any atom is -0.480 e. The smallest absolute Gasteiger partial charge is 0.326 e. The fraction of sp³-hybridized carbons (Fsp3) is 0.800. The van der Waals surface area contributed by atoms with Gasteiger partial charge in [0.2, 0.25) is 5.91 Å². The number of amides is 1. The van der Waals surface area contributed by atoms with Gasteiger partial charge in [-0.25, -0.2) is 4.79 Å². The molecule has 1 aliphatic rings. The van der Waals surface area contributed by atoms with Crippen LogP contribution in [0.3, 0.4) is 0 Å². The third-order valence-corrected chi connectivity index (χ3v) is 2.83. The summed E-state index contributed by atoms with van der Waals surface area (Å²) < 4.78 is 0. The summed E-state index contributed by atoms with van der Waals surface area (Å²) in [6.07, 6.45) is 2.81. The van der Waals surface area contributed by atoms with E-state index in [-0.39, 0.29) is 5.91 Å². The highest BCUT2D eigenvalue weighted by Gasteiger charge is 2.33. The van der Waals surface area contributed by atoms with Gasteiger partial charge < -0.3 is 15.7 Å². The van der Waals surface area contributed by atoms with Crippen LogP contribution in [0.25, 0.3) is 0 Å². The van der Waals surface area contributed by atoms with Crippen molar-refractivity contribution < 1.29 is 14.7 Å². The zero-order chi connectivity index (χ0) is 11.4. The second kappa shape index (κ2) is 5.11. The summed E-state index contributed by atoms with van der Waals surface area (Å²) in [6, 6.07) is -1.24. The number of carboxylic acid groups (broad SMARTS) is 1. The molecular formula is C10H18N2O3. The molecule has 0 spiro atoms.